The summed E-state index contributed by atoms with van der Waals surface area (Å²) < 4.78 is 11.6. The number of ketones is 1. The van der Waals surface area contributed by atoms with Crippen molar-refractivity contribution in [1.82, 2.24) is 9.88 Å². The van der Waals surface area contributed by atoms with Crippen LogP contribution in [-0.4, -0.2) is 68.3 Å². The SMILES string of the molecule is C/C(=C\c1csc(C)n1)C1CC2[C@@H](CCC[C@H](C)[C@H](O)[C@@H](C)C(=O)C(C)(C)[C@@H](O)CC(=O)O1)N2C(=O)Oc1ccccc1. The fourth-order valence-electron chi connectivity index (χ4n) is 6.01. The number of rotatable bonds is 3. The molecule has 9 nitrogen and oxygen atoms in total. The van der Waals surface area contributed by atoms with E-state index in [0.29, 0.717) is 25.0 Å². The Hall–Kier alpha value is -3.08. The van der Waals surface area contributed by atoms with Gasteiger partial charge in [-0.3, -0.25) is 14.5 Å². The highest BCUT2D eigenvalue weighted by Crippen LogP contribution is 2.40. The Kier molecular flexibility index (Phi) is 10.5. The Morgan fingerprint density at radius 3 is 2.49 bits per heavy atom. The molecule has 1 amide bonds. The number of hydrogen-bond acceptors (Lipinski definition) is 9. The molecule has 0 radical (unpaired) electrons. The highest BCUT2D eigenvalue weighted by Gasteiger charge is 2.53. The number of thiazole rings is 1. The number of aliphatic hydroxyl groups is 2. The molecule has 2 fully saturated rings. The maximum absolute atomic E-state index is 13.4. The van der Waals surface area contributed by atoms with E-state index in [1.54, 1.807) is 49.9 Å². The molecule has 7 atom stereocenters. The molecular weight excluding hydrogens is 568 g/mol. The molecule has 2 aliphatic rings. The van der Waals surface area contributed by atoms with Crippen molar-refractivity contribution >= 4 is 35.3 Å². The summed E-state index contributed by atoms with van der Waals surface area (Å²) in [7, 11) is 0. The molecule has 4 rings (SSSR count). The number of aromatic nitrogens is 1. The molecule has 234 valence electrons. The van der Waals surface area contributed by atoms with Gasteiger partial charge in [0.1, 0.15) is 17.6 Å². The number of fused-ring (bicyclic) bond motifs is 1. The zero-order valence-corrected chi connectivity index (χ0v) is 26.7. The Morgan fingerprint density at radius 2 is 1.84 bits per heavy atom. The fraction of sp³-hybridized carbons (Fsp3) is 0.576. The fourth-order valence-corrected chi connectivity index (χ4v) is 6.58. The summed E-state index contributed by atoms with van der Waals surface area (Å²) in [6.45, 7) is 10.6. The third-order valence-electron chi connectivity index (χ3n) is 8.97. The lowest BCUT2D eigenvalue weighted by Gasteiger charge is -2.34. The number of amides is 1. The van der Waals surface area contributed by atoms with E-state index in [2.05, 4.69) is 4.98 Å². The van der Waals surface area contributed by atoms with Gasteiger partial charge in [0.2, 0.25) is 0 Å². The van der Waals surface area contributed by atoms with Gasteiger partial charge in [-0.1, -0.05) is 52.3 Å². The van der Waals surface area contributed by atoms with Crippen LogP contribution in [0.4, 0.5) is 4.79 Å². The summed E-state index contributed by atoms with van der Waals surface area (Å²) >= 11 is 1.52. The van der Waals surface area contributed by atoms with Crippen molar-refractivity contribution in [2.75, 3.05) is 0 Å². The molecule has 0 saturated carbocycles. The van der Waals surface area contributed by atoms with Crippen LogP contribution in [0.5, 0.6) is 5.75 Å². The minimum absolute atomic E-state index is 0.132. The summed E-state index contributed by atoms with van der Waals surface area (Å²) in [4.78, 5) is 46.1. The number of ether oxygens (including phenoxy) is 2. The molecule has 2 aliphatic heterocycles. The maximum atomic E-state index is 13.4. The third-order valence-corrected chi connectivity index (χ3v) is 9.77. The first kappa shape index (κ1) is 32.8. The normalized spacial score (nSPS) is 30.7. The van der Waals surface area contributed by atoms with Crippen molar-refractivity contribution < 1.29 is 34.1 Å². The second-order valence-corrected chi connectivity index (χ2v) is 13.7. The van der Waals surface area contributed by atoms with Gasteiger partial charge in [0.05, 0.1) is 46.8 Å². The van der Waals surface area contributed by atoms with E-state index in [9.17, 15) is 24.6 Å². The van der Waals surface area contributed by atoms with Crippen LogP contribution in [-0.2, 0) is 14.3 Å². The first-order valence-electron chi connectivity index (χ1n) is 15.0. The van der Waals surface area contributed by atoms with Crippen molar-refractivity contribution in [2.24, 2.45) is 17.3 Å². The van der Waals surface area contributed by atoms with Gasteiger partial charge in [-0.15, -0.1) is 11.3 Å². The lowest BCUT2D eigenvalue weighted by atomic mass is 9.73. The molecule has 0 spiro atoms. The van der Waals surface area contributed by atoms with E-state index in [-0.39, 0.29) is 30.2 Å². The number of cyclic esters (lactones) is 1. The van der Waals surface area contributed by atoms with E-state index < -0.39 is 41.7 Å². The predicted octanol–water partition coefficient (Wildman–Crippen LogP) is 5.57. The molecule has 0 bridgehead atoms. The van der Waals surface area contributed by atoms with Crippen LogP contribution in [0.2, 0.25) is 0 Å². The molecule has 2 aromatic rings. The summed E-state index contributed by atoms with van der Waals surface area (Å²) in [6.07, 6.45) is 0.531. The number of Topliss-reactive ketones (excluding diaryl/α,β-unsaturated/α-hetero) is 1. The Morgan fingerprint density at radius 1 is 1.14 bits per heavy atom. The van der Waals surface area contributed by atoms with Gasteiger partial charge in [0.25, 0.3) is 0 Å². The van der Waals surface area contributed by atoms with Gasteiger partial charge in [-0.25, -0.2) is 9.78 Å². The maximum Gasteiger partial charge on any atom is 0.415 e. The number of hydrogen-bond donors (Lipinski definition) is 2. The van der Waals surface area contributed by atoms with Gasteiger partial charge in [-0.05, 0) is 56.4 Å². The predicted molar refractivity (Wildman–Crippen MR) is 164 cm³/mol. The number of nitrogens with zero attached hydrogens (tertiary/aromatic N) is 2. The molecule has 10 heteroatoms. The quantitative estimate of drug-likeness (QED) is 0.340. The second kappa shape index (κ2) is 13.7. The van der Waals surface area contributed by atoms with Crippen LogP contribution in [0.3, 0.4) is 0 Å². The van der Waals surface area contributed by atoms with Crippen molar-refractivity contribution in [3.63, 3.8) is 0 Å². The second-order valence-electron chi connectivity index (χ2n) is 12.6. The van der Waals surface area contributed by atoms with E-state index in [1.807, 2.05) is 38.3 Å². The number of aliphatic hydroxyl groups excluding tert-OH is 2. The Labute approximate surface area is 257 Å². The number of carbonyl (C=O) groups excluding carboxylic acids is 3. The van der Waals surface area contributed by atoms with E-state index in [1.165, 1.54) is 11.3 Å². The highest BCUT2D eigenvalue weighted by molar-refractivity contribution is 7.09. The molecule has 0 aliphatic carbocycles. The van der Waals surface area contributed by atoms with Gasteiger partial charge >= 0.3 is 12.1 Å². The van der Waals surface area contributed by atoms with E-state index in [4.69, 9.17) is 9.47 Å². The summed E-state index contributed by atoms with van der Waals surface area (Å²) in [5.41, 5.74) is 0.245. The van der Waals surface area contributed by atoms with Crippen LogP contribution in [0, 0.1) is 24.2 Å². The van der Waals surface area contributed by atoms with Crippen molar-refractivity contribution in [3.8, 4) is 5.75 Å². The van der Waals surface area contributed by atoms with Crippen molar-refractivity contribution in [2.45, 2.75) is 104 Å². The van der Waals surface area contributed by atoms with Crippen molar-refractivity contribution in [3.05, 3.63) is 52.0 Å². The lowest BCUT2D eigenvalue weighted by Crippen LogP contribution is -2.45. The Bertz CT molecular complexity index is 1320. The molecule has 2 N–H and O–H groups in total. The minimum Gasteiger partial charge on any atom is -0.458 e. The number of esters is 1. The zero-order chi connectivity index (χ0) is 31.5. The molecule has 43 heavy (non-hydrogen) atoms. The standard InChI is InChI=1S/C33H44N2O7S/c1-19-11-10-14-25-26(35(25)32(40)41-24-12-8-7-9-13-24)16-27(20(2)15-23-18-43-22(4)34-23)42-29(37)17-28(36)33(5,6)31(39)21(3)30(19)38/h7-9,12-13,15,18-19,21,25-28,30,36,38H,10-11,14,16-17H2,1-6H3/b20-15+/t19-,21+,25+,26?,27?,28-,30-,35?/m0/s1. The first-order valence-corrected chi connectivity index (χ1v) is 15.9. The van der Waals surface area contributed by atoms with Crippen LogP contribution in [0.25, 0.3) is 6.08 Å². The largest absolute Gasteiger partial charge is 0.458 e. The average molecular weight is 613 g/mol. The highest BCUT2D eigenvalue weighted by atomic mass is 32.1. The minimum atomic E-state index is -1.30. The summed E-state index contributed by atoms with van der Waals surface area (Å²) in [5, 5.41) is 24.9. The van der Waals surface area contributed by atoms with Crippen LogP contribution >= 0.6 is 11.3 Å². The Balaban J connectivity index is 1.63. The molecule has 2 unspecified atom stereocenters. The average Bonchev–Trinajstić information content (AvgIpc) is 3.49. The number of aryl methyl sites for hydroxylation is 1. The first-order chi connectivity index (χ1) is 20.3. The number of benzene rings is 1. The van der Waals surface area contributed by atoms with Gasteiger partial charge < -0.3 is 19.7 Å². The van der Waals surface area contributed by atoms with E-state index >= 15 is 0 Å². The summed E-state index contributed by atoms with van der Waals surface area (Å²) in [6, 6.07) is 8.51. The van der Waals surface area contributed by atoms with Crippen LogP contribution in [0.15, 0.2) is 41.3 Å². The van der Waals surface area contributed by atoms with Gasteiger partial charge in [0, 0.05) is 17.7 Å². The number of para-hydroxylation sites is 1. The van der Waals surface area contributed by atoms with Gasteiger partial charge in [0.15, 0.2) is 0 Å². The molecule has 1 aromatic heterocycles. The molecular formula is C33H44N2O7S. The summed E-state index contributed by atoms with van der Waals surface area (Å²) in [5.74, 6) is -1.41. The molecule has 2 saturated heterocycles. The van der Waals surface area contributed by atoms with Crippen LogP contribution in [0.1, 0.15) is 77.4 Å². The lowest BCUT2D eigenvalue weighted by molar-refractivity contribution is -0.154. The van der Waals surface area contributed by atoms with Crippen LogP contribution < -0.4 is 4.74 Å². The zero-order valence-electron chi connectivity index (χ0n) is 25.9. The van der Waals surface area contributed by atoms with E-state index in [0.717, 1.165) is 22.7 Å². The third kappa shape index (κ3) is 7.91. The monoisotopic (exact) mass is 612 g/mol. The molecule has 3 heterocycles. The number of carbonyl (C=O) groups is 3. The topological polar surface area (TPSA) is 126 Å². The molecule has 1 aromatic carbocycles. The smallest absolute Gasteiger partial charge is 0.415 e. The van der Waals surface area contributed by atoms with Gasteiger partial charge in [-0.2, -0.15) is 0 Å². The van der Waals surface area contributed by atoms with Crippen molar-refractivity contribution in [1.29, 1.82) is 0 Å².